The maximum atomic E-state index is 13.4. The first kappa shape index (κ1) is 21.1. The number of aromatic amines is 1. The molecule has 6 nitrogen and oxygen atoms in total. The minimum atomic E-state index is -0.947. The Labute approximate surface area is 185 Å². The number of amides is 1. The van der Waals surface area contributed by atoms with Gasteiger partial charge >= 0.3 is 0 Å². The maximum Gasteiger partial charge on any atom is 0.239 e. The lowest BCUT2D eigenvalue weighted by atomic mass is 10.1. The fraction of sp³-hybridized carbons (Fsp3) is 0.143. The second-order valence-corrected chi connectivity index (χ2v) is 8.91. The molecule has 0 radical (unpaired) electrons. The number of thiazole rings is 1. The Kier molecular flexibility index (Phi) is 6.10. The monoisotopic (exact) mass is 457 g/mol. The highest BCUT2D eigenvalue weighted by Gasteiger charge is 2.19. The molecular weight excluding hydrogens is 440 g/mol. The molecule has 1 amide bonds. The Balaban J connectivity index is 1.38. The van der Waals surface area contributed by atoms with Crippen LogP contribution in [0.25, 0.3) is 22.6 Å². The minimum Gasteiger partial charge on any atom is -0.301 e. The molecule has 0 aliphatic carbocycles. The topological polar surface area (TPSA) is 83.6 Å². The van der Waals surface area contributed by atoms with Crippen LogP contribution in [0.3, 0.4) is 0 Å². The van der Waals surface area contributed by atoms with Crippen molar-refractivity contribution < 1.29 is 13.6 Å². The van der Waals surface area contributed by atoms with Crippen LogP contribution in [0.4, 0.5) is 13.9 Å². The third-order valence-electron chi connectivity index (χ3n) is 4.39. The summed E-state index contributed by atoms with van der Waals surface area (Å²) >= 11 is 2.42. The lowest BCUT2D eigenvalue weighted by Gasteiger charge is -2.07. The van der Waals surface area contributed by atoms with E-state index in [2.05, 4.69) is 25.5 Å². The summed E-state index contributed by atoms with van der Waals surface area (Å²) in [6.45, 7) is 3.75. The number of aromatic nitrogens is 4. The molecule has 2 aromatic heterocycles. The molecule has 2 aromatic carbocycles. The van der Waals surface area contributed by atoms with Crippen molar-refractivity contribution in [3.05, 3.63) is 65.0 Å². The van der Waals surface area contributed by atoms with Gasteiger partial charge in [0.25, 0.3) is 0 Å². The summed E-state index contributed by atoms with van der Waals surface area (Å²) in [5.74, 6) is -1.50. The number of halogens is 2. The molecule has 0 aliphatic rings. The summed E-state index contributed by atoms with van der Waals surface area (Å²) < 4.78 is 26.5. The van der Waals surface area contributed by atoms with Crippen LogP contribution in [0.5, 0.6) is 0 Å². The average molecular weight is 458 g/mol. The molecule has 31 heavy (non-hydrogen) atoms. The molecule has 0 saturated heterocycles. The zero-order valence-corrected chi connectivity index (χ0v) is 18.2. The number of H-pyrrole nitrogens is 1. The van der Waals surface area contributed by atoms with Gasteiger partial charge in [0.15, 0.2) is 22.6 Å². The van der Waals surface area contributed by atoms with Gasteiger partial charge < -0.3 is 5.32 Å². The zero-order valence-electron chi connectivity index (χ0n) is 16.5. The Morgan fingerprint density at radius 3 is 2.58 bits per heavy atom. The average Bonchev–Trinajstić information content (AvgIpc) is 3.40. The van der Waals surface area contributed by atoms with Crippen molar-refractivity contribution in [1.29, 1.82) is 0 Å². The van der Waals surface area contributed by atoms with E-state index in [4.69, 9.17) is 0 Å². The quantitative estimate of drug-likeness (QED) is 0.384. The Morgan fingerprint density at radius 2 is 1.84 bits per heavy atom. The number of nitrogens with zero attached hydrogens (tertiary/aromatic N) is 3. The molecule has 0 unspecified atom stereocenters. The van der Waals surface area contributed by atoms with Crippen LogP contribution in [0.1, 0.15) is 12.5 Å². The molecule has 10 heteroatoms. The fourth-order valence-electron chi connectivity index (χ4n) is 2.68. The van der Waals surface area contributed by atoms with Crippen molar-refractivity contribution in [2.45, 2.75) is 24.3 Å². The lowest BCUT2D eigenvalue weighted by Crippen LogP contribution is -2.22. The van der Waals surface area contributed by atoms with Crippen LogP contribution in [-0.4, -0.2) is 31.3 Å². The smallest absolute Gasteiger partial charge is 0.239 e. The summed E-state index contributed by atoms with van der Waals surface area (Å²) in [6, 6.07) is 11.4. The third kappa shape index (κ3) is 4.97. The number of aryl methyl sites for hydroxylation is 1. The van der Waals surface area contributed by atoms with Gasteiger partial charge in [-0.1, -0.05) is 41.6 Å². The minimum absolute atomic E-state index is 0.266. The molecule has 158 valence electrons. The first-order chi connectivity index (χ1) is 14.9. The molecule has 2 N–H and O–H groups in total. The summed E-state index contributed by atoms with van der Waals surface area (Å²) in [5, 5.41) is 11.8. The zero-order chi connectivity index (χ0) is 22.0. The molecule has 4 aromatic rings. The number of thioether (sulfide) groups is 1. The van der Waals surface area contributed by atoms with Gasteiger partial charge in [0.05, 0.1) is 10.9 Å². The standard InChI is InChI=1S/C21H17F2N5OS2/c1-11-3-5-13(6-4-11)18-25-21(28-27-18)31-12(2)19(29)26-20-24-17(10-30-20)14-7-8-15(22)16(23)9-14/h3-10,12H,1-2H3,(H,24,26,29)(H,25,27,28)/t12-/m0/s1. The number of carbonyl (C=O) groups is 1. The van der Waals surface area contributed by atoms with Crippen LogP contribution in [-0.2, 0) is 4.79 Å². The van der Waals surface area contributed by atoms with Gasteiger partial charge in [-0.3, -0.25) is 9.89 Å². The summed E-state index contributed by atoms with van der Waals surface area (Å²) in [7, 11) is 0. The second-order valence-electron chi connectivity index (χ2n) is 6.75. The maximum absolute atomic E-state index is 13.4. The number of rotatable bonds is 6. The molecule has 4 rings (SSSR count). The molecule has 0 aliphatic heterocycles. The molecule has 0 bridgehead atoms. The highest BCUT2D eigenvalue weighted by Crippen LogP contribution is 2.28. The second kappa shape index (κ2) is 8.94. The van der Waals surface area contributed by atoms with Crippen molar-refractivity contribution in [2.75, 3.05) is 5.32 Å². The van der Waals surface area contributed by atoms with E-state index in [1.165, 1.54) is 29.2 Å². The number of hydrogen-bond acceptors (Lipinski definition) is 6. The fourth-order valence-corrected chi connectivity index (χ4v) is 4.12. The predicted octanol–water partition coefficient (Wildman–Crippen LogP) is 5.30. The number of benzene rings is 2. The van der Waals surface area contributed by atoms with E-state index in [1.807, 2.05) is 31.2 Å². The van der Waals surface area contributed by atoms with Gasteiger partial charge in [-0.15, -0.1) is 16.4 Å². The first-order valence-electron chi connectivity index (χ1n) is 9.27. The largest absolute Gasteiger partial charge is 0.301 e. The third-order valence-corrected chi connectivity index (χ3v) is 6.11. The van der Waals surface area contributed by atoms with Crippen molar-refractivity contribution in [3.8, 4) is 22.6 Å². The van der Waals surface area contributed by atoms with Crippen LogP contribution in [0, 0.1) is 18.6 Å². The Hall–Kier alpha value is -3.11. The Bertz CT molecular complexity index is 1220. The normalized spacial score (nSPS) is 12.0. The van der Waals surface area contributed by atoms with Gasteiger partial charge in [0.1, 0.15) is 0 Å². The number of carbonyl (C=O) groups excluding carboxylic acids is 1. The molecule has 0 spiro atoms. The van der Waals surface area contributed by atoms with E-state index in [9.17, 15) is 13.6 Å². The first-order valence-corrected chi connectivity index (χ1v) is 11.0. The van der Waals surface area contributed by atoms with Gasteiger partial charge in [0, 0.05) is 16.5 Å². The molecule has 0 saturated carbocycles. The molecule has 1 atom stereocenters. The number of hydrogen-bond donors (Lipinski definition) is 2. The van der Waals surface area contributed by atoms with Gasteiger partial charge in [-0.05, 0) is 32.0 Å². The van der Waals surface area contributed by atoms with E-state index in [1.54, 1.807) is 12.3 Å². The Morgan fingerprint density at radius 1 is 1.10 bits per heavy atom. The van der Waals surface area contributed by atoms with E-state index in [0.717, 1.165) is 23.3 Å². The summed E-state index contributed by atoms with van der Waals surface area (Å²) in [6.07, 6.45) is 0. The summed E-state index contributed by atoms with van der Waals surface area (Å²) in [4.78, 5) is 21.3. The van der Waals surface area contributed by atoms with Gasteiger partial charge in [-0.25, -0.2) is 18.7 Å². The van der Waals surface area contributed by atoms with Crippen molar-refractivity contribution in [3.63, 3.8) is 0 Å². The van der Waals surface area contributed by atoms with Gasteiger partial charge in [-0.2, -0.15) is 0 Å². The van der Waals surface area contributed by atoms with Crippen molar-refractivity contribution in [2.24, 2.45) is 0 Å². The van der Waals surface area contributed by atoms with Crippen LogP contribution >= 0.6 is 23.1 Å². The van der Waals surface area contributed by atoms with Crippen LogP contribution in [0.2, 0.25) is 0 Å². The number of anilines is 1. The highest BCUT2D eigenvalue weighted by atomic mass is 32.2. The van der Waals surface area contributed by atoms with Crippen LogP contribution in [0.15, 0.2) is 53.0 Å². The lowest BCUT2D eigenvalue weighted by molar-refractivity contribution is -0.115. The van der Waals surface area contributed by atoms with Crippen molar-refractivity contribution in [1.82, 2.24) is 20.2 Å². The predicted molar refractivity (Wildman–Crippen MR) is 118 cm³/mol. The van der Waals surface area contributed by atoms with Gasteiger partial charge in [0.2, 0.25) is 11.1 Å². The SMILES string of the molecule is Cc1ccc(-c2nc(S[C@@H](C)C(=O)Nc3nc(-c4ccc(F)c(F)c4)cs3)n[nH]2)cc1. The number of nitrogens with one attached hydrogen (secondary N) is 2. The van der Waals surface area contributed by atoms with E-state index in [0.29, 0.717) is 27.4 Å². The van der Waals surface area contributed by atoms with Crippen molar-refractivity contribution >= 4 is 34.1 Å². The van der Waals surface area contributed by atoms with Crippen LogP contribution < -0.4 is 5.32 Å². The molecule has 2 heterocycles. The highest BCUT2D eigenvalue weighted by molar-refractivity contribution is 8.00. The summed E-state index contributed by atoms with van der Waals surface area (Å²) in [5.41, 5.74) is 2.95. The van der Waals surface area contributed by atoms with E-state index in [-0.39, 0.29) is 5.91 Å². The van der Waals surface area contributed by atoms with E-state index < -0.39 is 16.9 Å². The molecule has 0 fully saturated rings. The molecular formula is C21H17F2N5OS2. The van der Waals surface area contributed by atoms with E-state index >= 15 is 0 Å².